The van der Waals surface area contributed by atoms with Crippen LogP contribution in [0.5, 0.6) is 0 Å². The number of hydrogen-bond donors (Lipinski definition) is 1. The van der Waals surface area contributed by atoms with Crippen molar-refractivity contribution in [2.45, 2.75) is 13.0 Å². The van der Waals surface area contributed by atoms with Gasteiger partial charge in [-0.05, 0) is 55.0 Å². The first-order chi connectivity index (χ1) is 20.4. The van der Waals surface area contributed by atoms with Gasteiger partial charge in [-0.1, -0.05) is 54.1 Å². The van der Waals surface area contributed by atoms with Crippen molar-refractivity contribution in [2.24, 2.45) is 9.98 Å². The summed E-state index contributed by atoms with van der Waals surface area (Å²) in [5.74, 6) is 0.908. The van der Waals surface area contributed by atoms with Crippen LogP contribution in [0.3, 0.4) is 0 Å². The molecule has 11 heteroatoms. The average Bonchev–Trinajstić information content (AvgIpc) is 3.34. The summed E-state index contributed by atoms with van der Waals surface area (Å²) in [6.45, 7) is 1.91. The lowest BCUT2D eigenvalue weighted by Gasteiger charge is -2.40. The number of nitro groups is 1. The van der Waals surface area contributed by atoms with Crippen LogP contribution >= 0.6 is 11.6 Å². The van der Waals surface area contributed by atoms with Crippen molar-refractivity contribution >= 4 is 51.8 Å². The van der Waals surface area contributed by atoms with Crippen LogP contribution in [0.25, 0.3) is 5.69 Å². The Kier molecular flexibility index (Phi) is 6.05. The molecule has 4 aromatic carbocycles. The summed E-state index contributed by atoms with van der Waals surface area (Å²) in [5.41, 5.74) is 4.97. The zero-order chi connectivity index (χ0) is 29.0. The van der Waals surface area contributed by atoms with Crippen molar-refractivity contribution in [2.75, 3.05) is 10.2 Å². The van der Waals surface area contributed by atoms with Gasteiger partial charge in [0.1, 0.15) is 5.82 Å². The zero-order valence-electron chi connectivity index (χ0n) is 22.1. The molecule has 1 N–H and O–H groups in total. The number of halogens is 2. The Labute approximate surface area is 244 Å². The van der Waals surface area contributed by atoms with Gasteiger partial charge in [-0.3, -0.25) is 10.1 Å². The number of nitrogens with zero attached hydrogens (tertiary/aromatic N) is 6. The maximum Gasteiger partial charge on any atom is 0.269 e. The van der Waals surface area contributed by atoms with Crippen LogP contribution in [0.4, 0.5) is 33.0 Å². The van der Waals surface area contributed by atoms with Crippen molar-refractivity contribution < 1.29 is 9.31 Å². The summed E-state index contributed by atoms with van der Waals surface area (Å²) in [6.07, 6.45) is 0. The number of aliphatic imine (C=N–C) groups is 2. The number of amidine groups is 2. The highest BCUT2D eigenvalue weighted by Gasteiger charge is 2.41. The molecule has 7 rings (SSSR count). The van der Waals surface area contributed by atoms with E-state index in [2.05, 4.69) is 5.32 Å². The third-order valence-electron chi connectivity index (χ3n) is 7.22. The quantitative estimate of drug-likeness (QED) is 0.174. The van der Waals surface area contributed by atoms with Crippen LogP contribution < -0.4 is 10.2 Å². The van der Waals surface area contributed by atoms with E-state index in [1.807, 2.05) is 72.5 Å². The first-order valence-corrected chi connectivity index (χ1v) is 13.4. The monoisotopic (exact) mass is 577 g/mol. The minimum absolute atomic E-state index is 0.0236. The van der Waals surface area contributed by atoms with E-state index in [-0.39, 0.29) is 10.7 Å². The van der Waals surface area contributed by atoms with Crippen LogP contribution in [0.1, 0.15) is 22.9 Å². The van der Waals surface area contributed by atoms with Gasteiger partial charge in [0, 0.05) is 23.4 Å². The van der Waals surface area contributed by atoms with Crippen molar-refractivity contribution in [3.63, 3.8) is 0 Å². The van der Waals surface area contributed by atoms with E-state index in [4.69, 9.17) is 26.7 Å². The molecule has 0 unspecified atom stereocenters. The van der Waals surface area contributed by atoms with Gasteiger partial charge in [-0.25, -0.2) is 19.1 Å². The molecule has 206 valence electrons. The van der Waals surface area contributed by atoms with Gasteiger partial charge in [0.25, 0.3) is 5.69 Å². The standard InChI is InChI=1S/C31H21ClFN7O2/c1-18-27-28(19-8-7-11-22(16-19)40(41)42)38-26-13-6-5-12-25(26)35-29(34-20-14-15-24(33)23(32)17-20)31(38)36-30(27)39(37-18)21-9-3-2-4-10-21/h2-17,28H,1H3,(H,34,35)/t28-/m0/s1. The van der Waals surface area contributed by atoms with Gasteiger partial charge in [0.2, 0.25) is 0 Å². The summed E-state index contributed by atoms with van der Waals surface area (Å²) in [4.78, 5) is 23.4. The molecule has 0 saturated heterocycles. The molecule has 1 atom stereocenters. The summed E-state index contributed by atoms with van der Waals surface area (Å²) >= 11 is 6.09. The second kappa shape index (κ2) is 9.93. The Morgan fingerprint density at radius 1 is 0.952 bits per heavy atom. The number of rotatable bonds is 4. The van der Waals surface area contributed by atoms with Gasteiger partial charge in [-0.15, -0.1) is 0 Å². The number of nitrogens with one attached hydrogen (secondary N) is 1. The van der Waals surface area contributed by atoms with Crippen molar-refractivity contribution in [3.05, 3.63) is 135 Å². The third kappa shape index (κ3) is 4.20. The Balaban J connectivity index is 1.50. The predicted octanol–water partition coefficient (Wildman–Crippen LogP) is 7.68. The Hall–Kier alpha value is -5.35. The molecule has 2 aliphatic rings. The molecule has 0 amide bonds. The number of para-hydroxylation sites is 3. The topological polar surface area (TPSA) is 101 Å². The van der Waals surface area contributed by atoms with Crippen molar-refractivity contribution in [3.8, 4) is 5.69 Å². The van der Waals surface area contributed by atoms with Crippen molar-refractivity contribution in [1.82, 2.24) is 9.78 Å². The number of aryl methyl sites for hydroxylation is 1. The second-order valence-corrected chi connectivity index (χ2v) is 10.2. The molecular formula is C31H21ClFN7O2. The summed E-state index contributed by atoms with van der Waals surface area (Å²) < 4.78 is 15.7. The number of non-ortho nitro benzene ring substituents is 1. The van der Waals surface area contributed by atoms with Crippen LogP contribution in [-0.2, 0) is 0 Å². The maximum atomic E-state index is 14.0. The molecule has 0 spiro atoms. The summed E-state index contributed by atoms with van der Waals surface area (Å²) in [5, 5.41) is 19.9. The van der Waals surface area contributed by atoms with E-state index in [1.165, 1.54) is 18.2 Å². The molecule has 0 saturated carbocycles. The molecule has 0 fully saturated rings. The van der Waals surface area contributed by atoms with Crippen molar-refractivity contribution in [1.29, 1.82) is 0 Å². The molecular weight excluding hydrogens is 557 g/mol. The third-order valence-corrected chi connectivity index (χ3v) is 7.51. The molecule has 2 aliphatic heterocycles. The smallest absolute Gasteiger partial charge is 0.269 e. The van der Waals surface area contributed by atoms with Gasteiger partial charge >= 0.3 is 0 Å². The van der Waals surface area contributed by atoms with Gasteiger partial charge in [-0.2, -0.15) is 5.10 Å². The second-order valence-electron chi connectivity index (χ2n) is 9.83. The first-order valence-electron chi connectivity index (χ1n) is 13.1. The molecule has 9 nitrogen and oxygen atoms in total. The van der Waals surface area contributed by atoms with E-state index in [0.29, 0.717) is 34.4 Å². The fourth-order valence-corrected chi connectivity index (χ4v) is 5.56. The highest BCUT2D eigenvalue weighted by molar-refractivity contribution is 6.51. The van der Waals surface area contributed by atoms with Gasteiger partial charge in [0.05, 0.1) is 38.7 Å². The SMILES string of the molecule is Cc1nn(-c2ccccc2)c2c1[C@H](c1cccc([N+](=O)[O-])c1)N1C(=N2)C(Nc2ccc(F)c(Cl)c2)=Nc2ccccc21. The number of fused-ring (bicyclic) bond motifs is 4. The maximum absolute atomic E-state index is 14.0. The van der Waals surface area contributed by atoms with Crippen LogP contribution in [0.15, 0.2) is 107 Å². The number of hydrogen-bond acceptors (Lipinski definition) is 7. The molecule has 42 heavy (non-hydrogen) atoms. The number of anilines is 2. The van der Waals surface area contributed by atoms with E-state index in [1.54, 1.807) is 22.9 Å². The normalized spacial score (nSPS) is 15.2. The summed E-state index contributed by atoms with van der Waals surface area (Å²) in [6, 6.07) is 27.6. The largest absolute Gasteiger partial charge is 0.337 e. The Morgan fingerprint density at radius 2 is 1.74 bits per heavy atom. The molecule has 0 radical (unpaired) electrons. The number of benzene rings is 4. The average molecular weight is 578 g/mol. The minimum atomic E-state index is -0.535. The fourth-order valence-electron chi connectivity index (χ4n) is 5.38. The minimum Gasteiger partial charge on any atom is -0.337 e. The fraction of sp³-hybridized carbons (Fsp3) is 0.0645. The molecule has 0 aliphatic carbocycles. The van der Waals surface area contributed by atoms with Crippen LogP contribution in [0.2, 0.25) is 5.02 Å². The van der Waals surface area contributed by atoms with E-state index >= 15 is 0 Å². The summed E-state index contributed by atoms with van der Waals surface area (Å²) in [7, 11) is 0. The lowest BCUT2D eigenvalue weighted by Crippen LogP contribution is -2.46. The Bertz CT molecular complexity index is 1950. The highest BCUT2D eigenvalue weighted by atomic mass is 35.5. The number of nitro benzene ring substituents is 1. The van der Waals surface area contributed by atoms with E-state index in [0.717, 1.165) is 22.6 Å². The highest BCUT2D eigenvalue weighted by Crippen LogP contribution is 2.48. The number of aromatic nitrogens is 2. The molecule has 3 heterocycles. The van der Waals surface area contributed by atoms with Gasteiger partial charge in [0.15, 0.2) is 17.5 Å². The molecule has 0 bridgehead atoms. The molecule has 1 aromatic heterocycles. The van der Waals surface area contributed by atoms with Gasteiger partial charge < -0.3 is 10.2 Å². The first kappa shape index (κ1) is 25.6. The van der Waals surface area contributed by atoms with E-state index < -0.39 is 16.8 Å². The van der Waals surface area contributed by atoms with Crippen LogP contribution in [-0.4, -0.2) is 26.4 Å². The molecule has 5 aromatic rings. The lowest BCUT2D eigenvalue weighted by atomic mass is 9.93. The zero-order valence-corrected chi connectivity index (χ0v) is 22.8. The predicted molar refractivity (Wildman–Crippen MR) is 161 cm³/mol. The lowest BCUT2D eigenvalue weighted by molar-refractivity contribution is -0.384. The van der Waals surface area contributed by atoms with E-state index in [9.17, 15) is 14.5 Å². The Morgan fingerprint density at radius 3 is 2.52 bits per heavy atom. The van der Waals surface area contributed by atoms with Crippen LogP contribution in [0, 0.1) is 22.9 Å².